The zero-order chi connectivity index (χ0) is 16.8. The molecule has 0 saturated carbocycles. The Morgan fingerprint density at radius 1 is 1.23 bits per heavy atom. The first-order valence-corrected chi connectivity index (χ1v) is 6.93. The van der Waals surface area contributed by atoms with Crippen molar-refractivity contribution in [2.45, 2.75) is 39.3 Å². The van der Waals surface area contributed by atoms with E-state index in [0.717, 1.165) is 0 Å². The number of benzene rings is 1. The molecule has 3 N–H and O–H groups in total. The molecule has 0 radical (unpaired) electrons. The van der Waals surface area contributed by atoms with Gasteiger partial charge < -0.3 is 14.6 Å². The topological polar surface area (TPSA) is 96.9 Å². The summed E-state index contributed by atoms with van der Waals surface area (Å²) in [5.74, 6) is -0.476. The van der Waals surface area contributed by atoms with Crippen LogP contribution < -0.4 is 15.6 Å². The Bertz CT molecular complexity index is 508. The number of hydrazine groups is 1. The van der Waals surface area contributed by atoms with Gasteiger partial charge in [-0.2, -0.15) is 0 Å². The van der Waals surface area contributed by atoms with E-state index in [-0.39, 0.29) is 0 Å². The Balaban J connectivity index is 2.69. The summed E-state index contributed by atoms with van der Waals surface area (Å²) in [6, 6.07) is 5.48. The summed E-state index contributed by atoms with van der Waals surface area (Å²) < 4.78 is 10.3. The Hall–Kier alpha value is -2.28. The summed E-state index contributed by atoms with van der Waals surface area (Å²) in [7, 11) is 0. The van der Waals surface area contributed by atoms with Gasteiger partial charge in [-0.25, -0.2) is 10.2 Å². The highest BCUT2D eigenvalue weighted by Crippen LogP contribution is 2.18. The van der Waals surface area contributed by atoms with Gasteiger partial charge in [0.15, 0.2) is 0 Å². The predicted molar refractivity (Wildman–Crippen MR) is 80.5 cm³/mol. The summed E-state index contributed by atoms with van der Waals surface area (Å²) >= 11 is 0. The van der Waals surface area contributed by atoms with Crippen molar-refractivity contribution < 1.29 is 24.2 Å². The molecule has 0 heterocycles. The van der Waals surface area contributed by atoms with Gasteiger partial charge in [0.2, 0.25) is 0 Å². The van der Waals surface area contributed by atoms with E-state index < -0.39 is 23.7 Å². The van der Waals surface area contributed by atoms with Crippen LogP contribution in [-0.2, 0) is 9.53 Å². The summed E-state index contributed by atoms with van der Waals surface area (Å²) in [5.41, 5.74) is 4.50. The molecule has 0 saturated heterocycles. The average molecular weight is 310 g/mol. The predicted octanol–water partition coefficient (Wildman–Crippen LogP) is 2.24. The molecule has 22 heavy (non-hydrogen) atoms. The third-order valence-electron chi connectivity index (χ3n) is 2.49. The fraction of sp³-hybridized carbons (Fsp3) is 0.467. The summed E-state index contributed by atoms with van der Waals surface area (Å²) in [6.07, 6.45) is -0.746. The van der Waals surface area contributed by atoms with Crippen molar-refractivity contribution in [3.8, 4) is 5.75 Å². The second-order valence-corrected chi connectivity index (χ2v) is 5.54. The smallest absolute Gasteiger partial charge is 0.422 e. The van der Waals surface area contributed by atoms with Gasteiger partial charge in [0.25, 0.3) is 0 Å². The number of rotatable bonds is 6. The molecule has 0 aliphatic heterocycles. The number of ether oxygens (including phenoxy) is 2. The molecular formula is C15H22N2O5. The molecule has 0 aliphatic carbocycles. The van der Waals surface area contributed by atoms with Crippen molar-refractivity contribution in [2.24, 2.45) is 0 Å². The zero-order valence-corrected chi connectivity index (χ0v) is 13.2. The molecule has 0 unspecified atom stereocenters. The molecule has 0 aliphatic rings. The van der Waals surface area contributed by atoms with Crippen LogP contribution in [0.4, 0.5) is 4.79 Å². The number of carboxylic acid groups (broad SMARTS) is 1. The molecule has 7 heteroatoms. The van der Waals surface area contributed by atoms with Crippen LogP contribution in [0, 0.1) is 0 Å². The second-order valence-electron chi connectivity index (χ2n) is 5.54. The van der Waals surface area contributed by atoms with E-state index in [1.165, 1.54) is 0 Å². The number of hydrogen-bond donors (Lipinski definition) is 3. The van der Waals surface area contributed by atoms with Crippen LogP contribution in [0.5, 0.6) is 5.75 Å². The lowest BCUT2D eigenvalue weighted by atomic mass is 10.1. The first-order chi connectivity index (χ1) is 10.2. The molecule has 0 aromatic heterocycles. The monoisotopic (exact) mass is 310 g/mol. The third-order valence-corrected chi connectivity index (χ3v) is 2.49. The molecule has 1 aromatic carbocycles. The van der Waals surface area contributed by atoms with Crippen molar-refractivity contribution in [1.29, 1.82) is 0 Å². The van der Waals surface area contributed by atoms with E-state index >= 15 is 0 Å². The first-order valence-electron chi connectivity index (χ1n) is 6.93. The SMILES string of the molecule is CCOc1ccc([C@@H](NNC(=O)OC(C)(C)C)C(=O)O)cc1. The van der Waals surface area contributed by atoms with Crippen molar-refractivity contribution >= 4 is 12.1 Å². The van der Waals surface area contributed by atoms with Crippen LogP contribution in [0.2, 0.25) is 0 Å². The van der Waals surface area contributed by atoms with E-state index in [4.69, 9.17) is 9.47 Å². The van der Waals surface area contributed by atoms with Gasteiger partial charge in [0.05, 0.1) is 6.61 Å². The average Bonchev–Trinajstić information content (AvgIpc) is 2.38. The highest BCUT2D eigenvalue weighted by Gasteiger charge is 2.22. The van der Waals surface area contributed by atoms with Crippen molar-refractivity contribution in [2.75, 3.05) is 6.61 Å². The normalized spacial score (nSPS) is 12.4. The molecule has 1 rings (SSSR count). The Morgan fingerprint density at radius 3 is 2.27 bits per heavy atom. The van der Waals surface area contributed by atoms with Gasteiger partial charge in [-0.15, -0.1) is 0 Å². The number of carboxylic acids is 1. The molecule has 1 atom stereocenters. The molecule has 0 spiro atoms. The fourth-order valence-corrected chi connectivity index (χ4v) is 1.65. The van der Waals surface area contributed by atoms with E-state index in [2.05, 4.69) is 10.9 Å². The maximum atomic E-state index is 11.5. The van der Waals surface area contributed by atoms with Gasteiger partial charge in [0, 0.05) is 0 Å². The largest absolute Gasteiger partial charge is 0.494 e. The Kier molecular flexibility index (Phi) is 6.18. The molecular weight excluding hydrogens is 288 g/mol. The van der Waals surface area contributed by atoms with Gasteiger partial charge in [-0.05, 0) is 45.4 Å². The van der Waals surface area contributed by atoms with Crippen molar-refractivity contribution in [1.82, 2.24) is 10.9 Å². The minimum Gasteiger partial charge on any atom is -0.494 e. The molecule has 7 nitrogen and oxygen atoms in total. The second kappa shape index (κ2) is 7.65. The lowest BCUT2D eigenvalue weighted by Crippen LogP contribution is -2.45. The molecule has 0 fully saturated rings. The quantitative estimate of drug-likeness (QED) is 0.697. The maximum Gasteiger partial charge on any atom is 0.422 e. The van der Waals surface area contributed by atoms with Gasteiger partial charge in [-0.1, -0.05) is 12.1 Å². The van der Waals surface area contributed by atoms with Crippen molar-refractivity contribution in [3.63, 3.8) is 0 Å². The number of nitrogens with one attached hydrogen (secondary N) is 2. The van der Waals surface area contributed by atoms with Crippen LogP contribution in [0.1, 0.15) is 39.3 Å². The lowest BCUT2D eigenvalue weighted by Gasteiger charge is -2.21. The summed E-state index contributed by atoms with van der Waals surface area (Å²) in [6.45, 7) is 7.54. The number of hydrogen-bond acceptors (Lipinski definition) is 5. The fourth-order valence-electron chi connectivity index (χ4n) is 1.65. The minimum atomic E-state index is -1.12. The maximum absolute atomic E-state index is 11.5. The zero-order valence-electron chi connectivity index (χ0n) is 13.2. The number of amides is 1. The lowest BCUT2D eigenvalue weighted by molar-refractivity contribution is -0.139. The van der Waals surface area contributed by atoms with Crippen molar-refractivity contribution in [3.05, 3.63) is 29.8 Å². The van der Waals surface area contributed by atoms with E-state index in [1.54, 1.807) is 45.0 Å². The Morgan fingerprint density at radius 2 is 1.82 bits per heavy atom. The van der Waals surface area contributed by atoms with Crippen LogP contribution in [0.25, 0.3) is 0 Å². The number of carbonyl (C=O) groups is 2. The van der Waals surface area contributed by atoms with Gasteiger partial charge in [-0.3, -0.25) is 10.2 Å². The molecule has 122 valence electrons. The Labute approximate surface area is 129 Å². The molecule has 1 amide bonds. The van der Waals surface area contributed by atoms with Crippen LogP contribution in [0.3, 0.4) is 0 Å². The van der Waals surface area contributed by atoms with E-state index in [1.807, 2.05) is 6.92 Å². The first kappa shape index (κ1) is 17.8. The highest BCUT2D eigenvalue weighted by molar-refractivity contribution is 5.76. The molecule has 1 aromatic rings. The van der Waals surface area contributed by atoms with Crippen LogP contribution in [0.15, 0.2) is 24.3 Å². The van der Waals surface area contributed by atoms with Gasteiger partial charge in [0.1, 0.15) is 17.4 Å². The van der Waals surface area contributed by atoms with Gasteiger partial charge >= 0.3 is 12.1 Å². The summed E-state index contributed by atoms with van der Waals surface area (Å²) in [4.78, 5) is 22.9. The van der Waals surface area contributed by atoms with Crippen LogP contribution in [-0.4, -0.2) is 29.4 Å². The standard InChI is InChI=1S/C15H22N2O5/c1-5-21-11-8-6-10(7-9-11)12(13(18)19)16-17-14(20)22-15(2,3)4/h6-9,12,16H,5H2,1-4H3,(H,17,20)(H,18,19)/t12-/m1/s1. The van der Waals surface area contributed by atoms with Crippen LogP contribution >= 0.6 is 0 Å². The van der Waals surface area contributed by atoms with E-state index in [9.17, 15) is 14.7 Å². The minimum absolute atomic E-state index is 0.479. The number of aliphatic carboxylic acids is 1. The third kappa shape index (κ3) is 6.01. The number of carbonyl (C=O) groups excluding carboxylic acids is 1. The van der Waals surface area contributed by atoms with E-state index in [0.29, 0.717) is 17.9 Å². The molecule has 0 bridgehead atoms. The summed E-state index contributed by atoms with van der Waals surface area (Å²) in [5, 5.41) is 9.26. The highest BCUT2D eigenvalue weighted by atomic mass is 16.6.